The molecular formula is C16H10ClF2NO. The molecule has 0 unspecified atom stereocenters. The second kappa shape index (κ2) is 5.30. The summed E-state index contributed by atoms with van der Waals surface area (Å²) in [4.78, 5) is 15.2. The van der Waals surface area contributed by atoms with Gasteiger partial charge in [-0.05, 0) is 24.3 Å². The third-order valence-corrected chi connectivity index (χ3v) is 3.58. The standard InChI is InChI=1S/C16H10ClF2NO/c17-9-4-5-10-12(8-20-15(10)6-9)16(21)7-11-13(18)2-1-3-14(11)19/h1-6,8,20H,7H2. The molecule has 0 atom stereocenters. The van der Waals surface area contributed by atoms with Crippen molar-refractivity contribution < 1.29 is 13.6 Å². The number of aromatic amines is 1. The Hall–Kier alpha value is -2.20. The second-order valence-electron chi connectivity index (χ2n) is 4.69. The van der Waals surface area contributed by atoms with Crippen LogP contribution in [0.25, 0.3) is 10.9 Å². The Morgan fingerprint density at radius 3 is 2.57 bits per heavy atom. The van der Waals surface area contributed by atoms with Gasteiger partial charge in [-0.15, -0.1) is 0 Å². The van der Waals surface area contributed by atoms with Crippen molar-refractivity contribution in [1.82, 2.24) is 4.98 Å². The van der Waals surface area contributed by atoms with E-state index in [1.807, 2.05) is 0 Å². The van der Waals surface area contributed by atoms with E-state index in [1.165, 1.54) is 12.3 Å². The van der Waals surface area contributed by atoms with Crippen LogP contribution in [0.15, 0.2) is 42.6 Å². The van der Waals surface area contributed by atoms with Crippen molar-refractivity contribution >= 4 is 28.3 Å². The summed E-state index contributed by atoms with van der Waals surface area (Å²) < 4.78 is 27.2. The summed E-state index contributed by atoms with van der Waals surface area (Å²) in [6.07, 6.45) is 1.20. The average Bonchev–Trinajstić information content (AvgIpc) is 2.85. The van der Waals surface area contributed by atoms with Gasteiger partial charge in [0.15, 0.2) is 5.78 Å². The van der Waals surface area contributed by atoms with Crippen molar-refractivity contribution in [2.75, 3.05) is 0 Å². The van der Waals surface area contributed by atoms with Gasteiger partial charge in [-0.25, -0.2) is 8.78 Å². The summed E-state index contributed by atoms with van der Waals surface area (Å²) in [6, 6.07) is 8.61. The van der Waals surface area contributed by atoms with Gasteiger partial charge in [0.05, 0.1) is 0 Å². The van der Waals surface area contributed by atoms with Crippen LogP contribution in [0, 0.1) is 11.6 Å². The Balaban J connectivity index is 1.98. The molecule has 0 amide bonds. The lowest BCUT2D eigenvalue weighted by molar-refractivity contribution is 0.0992. The number of aromatic nitrogens is 1. The molecule has 0 radical (unpaired) electrons. The number of Topliss-reactive ketones (excluding diaryl/α,β-unsaturated/α-hetero) is 1. The number of carbonyl (C=O) groups excluding carboxylic acids is 1. The highest BCUT2D eigenvalue weighted by molar-refractivity contribution is 6.31. The quantitative estimate of drug-likeness (QED) is 0.709. The number of carbonyl (C=O) groups is 1. The summed E-state index contributed by atoms with van der Waals surface area (Å²) >= 11 is 5.87. The first kappa shape index (κ1) is 13.8. The van der Waals surface area contributed by atoms with Crippen LogP contribution < -0.4 is 0 Å². The molecule has 0 bridgehead atoms. The average molecular weight is 306 g/mol. The van der Waals surface area contributed by atoms with Gasteiger partial charge in [-0.3, -0.25) is 4.79 Å². The number of halogens is 3. The molecule has 1 heterocycles. The van der Waals surface area contributed by atoms with E-state index in [9.17, 15) is 13.6 Å². The summed E-state index contributed by atoms with van der Waals surface area (Å²) in [5, 5.41) is 1.23. The van der Waals surface area contributed by atoms with Gasteiger partial charge in [0, 0.05) is 39.7 Å². The van der Waals surface area contributed by atoms with Crippen molar-refractivity contribution in [2.45, 2.75) is 6.42 Å². The fraction of sp³-hybridized carbons (Fsp3) is 0.0625. The molecule has 3 aromatic rings. The number of rotatable bonds is 3. The lowest BCUT2D eigenvalue weighted by Crippen LogP contribution is -2.06. The van der Waals surface area contributed by atoms with Crippen LogP contribution in [0.1, 0.15) is 15.9 Å². The monoisotopic (exact) mass is 305 g/mol. The highest BCUT2D eigenvalue weighted by atomic mass is 35.5. The van der Waals surface area contributed by atoms with E-state index in [1.54, 1.807) is 18.2 Å². The van der Waals surface area contributed by atoms with E-state index in [4.69, 9.17) is 11.6 Å². The third-order valence-electron chi connectivity index (χ3n) is 3.34. The molecule has 0 fully saturated rings. The van der Waals surface area contributed by atoms with E-state index < -0.39 is 11.6 Å². The van der Waals surface area contributed by atoms with Gasteiger partial charge in [0.25, 0.3) is 0 Å². The molecule has 1 N–H and O–H groups in total. The van der Waals surface area contributed by atoms with E-state index in [0.717, 1.165) is 12.1 Å². The first-order valence-corrected chi connectivity index (χ1v) is 6.67. The molecule has 2 aromatic carbocycles. The highest BCUT2D eigenvalue weighted by Crippen LogP contribution is 2.24. The maximum absolute atomic E-state index is 13.6. The summed E-state index contributed by atoms with van der Waals surface area (Å²) in [5.41, 5.74) is 0.884. The molecule has 21 heavy (non-hydrogen) atoms. The van der Waals surface area contributed by atoms with Crippen molar-refractivity contribution in [3.63, 3.8) is 0 Å². The molecule has 3 rings (SSSR count). The van der Waals surface area contributed by atoms with Gasteiger partial charge in [0.2, 0.25) is 0 Å². The van der Waals surface area contributed by atoms with Crippen molar-refractivity contribution in [1.29, 1.82) is 0 Å². The number of H-pyrrole nitrogens is 1. The minimum atomic E-state index is -0.716. The van der Waals surface area contributed by atoms with Gasteiger partial charge < -0.3 is 4.98 Å². The van der Waals surface area contributed by atoms with Crippen LogP contribution in [0.2, 0.25) is 5.02 Å². The van der Waals surface area contributed by atoms with Gasteiger partial charge in [0.1, 0.15) is 11.6 Å². The third kappa shape index (κ3) is 2.54. The molecule has 0 saturated heterocycles. The zero-order valence-corrected chi connectivity index (χ0v) is 11.5. The minimum absolute atomic E-state index is 0.217. The normalized spacial score (nSPS) is 11.0. The zero-order chi connectivity index (χ0) is 15.0. The topological polar surface area (TPSA) is 32.9 Å². The smallest absolute Gasteiger partial charge is 0.169 e. The highest BCUT2D eigenvalue weighted by Gasteiger charge is 2.17. The Labute approximate surface area is 124 Å². The molecule has 5 heteroatoms. The fourth-order valence-corrected chi connectivity index (χ4v) is 2.46. The molecular weight excluding hydrogens is 296 g/mol. The summed E-state index contributed by atoms with van der Waals surface area (Å²) in [5.74, 6) is -1.79. The van der Waals surface area contributed by atoms with Crippen LogP contribution in [0.3, 0.4) is 0 Å². The van der Waals surface area contributed by atoms with Crippen molar-refractivity contribution in [2.24, 2.45) is 0 Å². The van der Waals surface area contributed by atoms with Crippen molar-refractivity contribution in [3.8, 4) is 0 Å². The Kier molecular flexibility index (Phi) is 3.47. The molecule has 0 aliphatic carbocycles. The molecule has 0 aliphatic rings. The van der Waals surface area contributed by atoms with Crippen LogP contribution in [0.4, 0.5) is 8.78 Å². The Morgan fingerprint density at radius 2 is 1.86 bits per heavy atom. The fourth-order valence-electron chi connectivity index (χ4n) is 2.29. The van der Waals surface area contributed by atoms with Crippen LogP contribution in [-0.2, 0) is 6.42 Å². The predicted molar refractivity (Wildman–Crippen MR) is 77.7 cm³/mol. The van der Waals surface area contributed by atoms with Crippen molar-refractivity contribution in [3.05, 3.63) is 70.4 Å². The minimum Gasteiger partial charge on any atom is -0.360 e. The van der Waals surface area contributed by atoms with E-state index in [0.29, 0.717) is 21.5 Å². The molecule has 0 aliphatic heterocycles. The summed E-state index contributed by atoms with van der Waals surface area (Å²) in [7, 11) is 0. The van der Waals surface area contributed by atoms with Crippen LogP contribution in [-0.4, -0.2) is 10.8 Å². The lowest BCUT2D eigenvalue weighted by atomic mass is 10.0. The lowest BCUT2D eigenvalue weighted by Gasteiger charge is -2.04. The van der Waals surface area contributed by atoms with Gasteiger partial charge in [-0.2, -0.15) is 0 Å². The SMILES string of the molecule is O=C(Cc1c(F)cccc1F)c1c[nH]c2cc(Cl)ccc12. The Morgan fingerprint density at radius 1 is 1.14 bits per heavy atom. The second-order valence-corrected chi connectivity index (χ2v) is 5.13. The number of ketones is 1. The van der Waals surface area contributed by atoms with E-state index >= 15 is 0 Å². The van der Waals surface area contributed by atoms with E-state index in [2.05, 4.69) is 4.98 Å². The zero-order valence-electron chi connectivity index (χ0n) is 10.8. The van der Waals surface area contributed by atoms with Gasteiger partial charge >= 0.3 is 0 Å². The molecule has 0 saturated carbocycles. The molecule has 0 spiro atoms. The first-order valence-electron chi connectivity index (χ1n) is 6.29. The van der Waals surface area contributed by atoms with E-state index in [-0.39, 0.29) is 17.8 Å². The Bertz CT molecular complexity index is 821. The molecule has 1 aromatic heterocycles. The number of hydrogen-bond acceptors (Lipinski definition) is 1. The molecule has 106 valence electrons. The maximum Gasteiger partial charge on any atom is 0.169 e. The maximum atomic E-state index is 13.6. The van der Waals surface area contributed by atoms with Crippen LogP contribution >= 0.6 is 11.6 Å². The van der Waals surface area contributed by atoms with Gasteiger partial charge in [-0.1, -0.05) is 23.7 Å². The first-order chi connectivity index (χ1) is 10.1. The molecule has 2 nitrogen and oxygen atoms in total. The largest absolute Gasteiger partial charge is 0.360 e. The number of fused-ring (bicyclic) bond motifs is 1. The number of nitrogens with one attached hydrogen (secondary N) is 1. The number of hydrogen-bond donors (Lipinski definition) is 1. The summed E-state index contributed by atoms with van der Waals surface area (Å²) in [6.45, 7) is 0. The predicted octanol–water partition coefficient (Wildman–Crippen LogP) is 4.52. The number of benzene rings is 2. The van der Waals surface area contributed by atoms with Crippen LogP contribution in [0.5, 0.6) is 0 Å².